The molecule has 102 valence electrons. The maximum absolute atomic E-state index is 12.8. The van der Waals surface area contributed by atoms with Crippen LogP contribution in [0.2, 0.25) is 0 Å². The van der Waals surface area contributed by atoms with Crippen molar-refractivity contribution in [3.63, 3.8) is 0 Å². The first-order valence-electron chi connectivity index (χ1n) is 6.24. The first-order chi connectivity index (χ1) is 9.15. The number of halogens is 1. The average Bonchev–Trinajstić information content (AvgIpc) is 2.84. The van der Waals surface area contributed by atoms with Crippen LogP contribution in [0.5, 0.6) is 0 Å². The summed E-state index contributed by atoms with van der Waals surface area (Å²) < 4.78 is 12.8. The van der Waals surface area contributed by atoms with E-state index in [1.165, 1.54) is 12.1 Å². The van der Waals surface area contributed by atoms with E-state index in [0.717, 1.165) is 29.2 Å². The molecular weight excluding hydrogens is 263 g/mol. The normalized spacial score (nSPS) is 12.6. The van der Waals surface area contributed by atoms with Gasteiger partial charge in [0.25, 0.3) is 0 Å². The van der Waals surface area contributed by atoms with Crippen LogP contribution in [-0.2, 0) is 6.54 Å². The predicted octanol–water partition coefficient (Wildman–Crippen LogP) is 2.81. The lowest BCUT2D eigenvalue weighted by molar-refractivity contribution is 0.183. The summed E-state index contributed by atoms with van der Waals surface area (Å²) >= 11 is 1.55. The lowest BCUT2D eigenvalue weighted by Crippen LogP contribution is -2.18. The number of aromatic nitrogens is 1. The van der Waals surface area contributed by atoms with Crippen molar-refractivity contribution in [2.24, 2.45) is 0 Å². The molecule has 0 spiro atoms. The molecule has 0 amide bonds. The van der Waals surface area contributed by atoms with Crippen molar-refractivity contribution in [3.05, 3.63) is 41.2 Å². The highest BCUT2D eigenvalue weighted by Gasteiger charge is 2.05. The van der Waals surface area contributed by atoms with E-state index in [0.29, 0.717) is 6.54 Å². The Bertz CT molecular complexity index is 510. The number of benzene rings is 1. The summed E-state index contributed by atoms with van der Waals surface area (Å²) in [6, 6.07) is 6.35. The van der Waals surface area contributed by atoms with E-state index in [4.69, 9.17) is 5.11 Å². The van der Waals surface area contributed by atoms with Gasteiger partial charge in [-0.3, -0.25) is 0 Å². The maximum atomic E-state index is 12.8. The Morgan fingerprint density at radius 1 is 1.37 bits per heavy atom. The SMILES string of the molecule is CC(O)CCNCc1csc(-c2ccc(F)cc2)n1. The molecule has 1 aromatic carbocycles. The third-order valence-electron chi connectivity index (χ3n) is 2.69. The van der Waals surface area contributed by atoms with E-state index < -0.39 is 0 Å². The Morgan fingerprint density at radius 2 is 2.11 bits per heavy atom. The van der Waals surface area contributed by atoms with Gasteiger partial charge < -0.3 is 10.4 Å². The van der Waals surface area contributed by atoms with Crippen molar-refractivity contribution in [1.29, 1.82) is 0 Å². The Labute approximate surface area is 116 Å². The molecule has 0 fully saturated rings. The Kier molecular flexibility index (Phi) is 5.01. The van der Waals surface area contributed by atoms with Crippen LogP contribution in [-0.4, -0.2) is 22.7 Å². The molecule has 0 aliphatic rings. The number of nitrogens with zero attached hydrogens (tertiary/aromatic N) is 1. The summed E-state index contributed by atoms with van der Waals surface area (Å²) in [7, 11) is 0. The molecule has 2 aromatic rings. The van der Waals surface area contributed by atoms with Gasteiger partial charge in [0, 0.05) is 17.5 Å². The summed E-state index contributed by atoms with van der Waals surface area (Å²) in [5.74, 6) is -0.236. The molecule has 5 heteroatoms. The summed E-state index contributed by atoms with van der Waals surface area (Å²) in [4.78, 5) is 4.50. The zero-order valence-electron chi connectivity index (χ0n) is 10.8. The largest absolute Gasteiger partial charge is 0.393 e. The summed E-state index contributed by atoms with van der Waals surface area (Å²) in [5, 5.41) is 15.3. The molecule has 1 heterocycles. The van der Waals surface area contributed by atoms with E-state index in [1.54, 1.807) is 30.4 Å². The van der Waals surface area contributed by atoms with E-state index in [1.807, 2.05) is 5.38 Å². The fourth-order valence-electron chi connectivity index (χ4n) is 1.64. The standard InChI is InChI=1S/C14H17FN2OS/c1-10(18)6-7-16-8-13-9-19-14(17-13)11-2-4-12(15)5-3-11/h2-5,9-10,16,18H,6-8H2,1H3. The van der Waals surface area contributed by atoms with Gasteiger partial charge in [0.2, 0.25) is 0 Å². The zero-order chi connectivity index (χ0) is 13.7. The van der Waals surface area contributed by atoms with Gasteiger partial charge in [-0.1, -0.05) is 0 Å². The van der Waals surface area contributed by atoms with Crippen LogP contribution in [0.4, 0.5) is 4.39 Å². The lowest BCUT2D eigenvalue weighted by atomic mass is 10.2. The number of aliphatic hydroxyl groups is 1. The maximum Gasteiger partial charge on any atom is 0.123 e. The number of thiazole rings is 1. The topological polar surface area (TPSA) is 45.1 Å². The van der Waals surface area contributed by atoms with Gasteiger partial charge >= 0.3 is 0 Å². The zero-order valence-corrected chi connectivity index (χ0v) is 11.6. The summed E-state index contributed by atoms with van der Waals surface area (Å²) in [5.41, 5.74) is 1.90. The lowest BCUT2D eigenvalue weighted by Gasteiger charge is -2.04. The first-order valence-corrected chi connectivity index (χ1v) is 7.12. The van der Waals surface area contributed by atoms with Crippen LogP contribution in [0, 0.1) is 5.82 Å². The minimum atomic E-state index is -0.280. The van der Waals surface area contributed by atoms with Gasteiger partial charge in [-0.05, 0) is 44.2 Å². The van der Waals surface area contributed by atoms with Gasteiger partial charge in [0.05, 0.1) is 11.8 Å². The minimum Gasteiger partial charge on any atom is -0.393 e. The average molecular weight is 280 g/mol. The number of hydrogen-bond acceptors (Lipinski definition) is 4. The number of aliphatic hydroxyl groups excluding tert-OH is 1. The molecule has 0 saturated heterocycles. The van der Waals surface area contributed by atoms with Gasteiger partial charge in [0.1, 0.15) is 10.8 Å². The van der Waals surface area contributed by atoms with E-state index in [-0.39, 0.29) is 11.9 Å². The highest BCUT2D eigenvalue weighted by Crippen LogP contribution is 2.23. The van der Waals surface area contributed by atoms with Crippen LogP contribution < -0.4 is 5.32 Å². The van der Waals surface area contributed by atoms with E-state index in [9.17, 15) is 4.39 Å². The number of hydrogen-bond donors (Lipinski definition) is 2. The highest BCUT2D eigenvalue weighted by atomic mass is 32.1. The third-order valence-corrected chi connectivity index (χ3v) is 3.63. The van der Waals surface area contributed by atoms with Crippen LogP contribution >= 0.6 is 11.3 Å². The minimum absolute atomic E-state index is 0.236. The molecule has 0 aliphatic carbocycles. The fourth-order valence-corrected chi connectivity index (χ4v) is 2.47. The second kappa shape index (κ2) is 6.75. The number of rotatable bonds is 6. The quantitative estimate of drug-likeness (QED) is 0.800. The molecule has 0 saturated carbocycles. The molecular formula is C14H17FN2OS. The summed E-state index contributed by atoms with van der Waals surface area (Å²) in [6.07, 6.45) is 0.451. The van der Waals surface area contributed by atoms with Crippen molar-refractivity contribution in [2.75, 3.05) is 6.54 Å². The molecule has 19 heavy (non-hydrogen) atoms. The van der Waals surface area contributed by atoms with Crippen LogP contribution in [0.3, 0.4) is 0 Å². The van der Waals surface area contributed by atoms with Gasteiger partial charge in [-0.15, -0.1) is 11.3 Å². The third kappa shape index (κ3) is 4.38. The number of nitrogens with one attached hydrogen (secondary N) is 1. The van der Waals surface area contributed by atoms with Crippen molar-refractivity contribution in [3.8, 4) is 10.6 Å². The van der Waals surface area contributed by atoms with E-state index in [2.05, 4.69) is 10.3 Å². The van der Waals surface area contributed by atoms with Crippen molar-refractivity contribution in [1.82, 2.24) is 10.3 Å². The Balaban J connectivity index is 1.90. The van der Waals surface area contributed by atoms with Crippen LogP contribution in [0.1, 0.15) is 19.0 Å². The Hall–Kier alpha value is -1.30. The van der Waals surface area contributed by atoms with E-state index >= 15 is 0 Å². The second-order valence-corrected chi connectivity index (χ2v) is 5.32. The van der Waals surface area contributed by atoms with Crippen LogP contribution in [0.15, 0.2) is 29.6 Å². The molecule has 0 radical (unpaired) electrons. The van der Waals surface area contributed by atoms with Gasteiger partial charge in [-0.25, -0.2) is 9.37 Å². The molecule has 1 aromatic heterocycles. The molecule has 2 rings (SSSR count). The van der Waals surface area contributed by atoms with Crippen molar-refractivity contribution in [2.45, 2.75) is 26.0 Å². The molecule has 3 nitrogen and oxygen atoms in total. The molecule has 0 aliphatic heterocycles. The smallest absolute Gasteiger partial charge is 0.123 e. The second-order valence-electron chi connectivity index (χ2n) is 4.47. The first kappa shape index (κ1) is 14.1. The van der Waals surface area contributed by atoms with Crippen molar-refractivity contribution < 1.29 is 9.50 Å². The molecule has 1 unspecified atom stereocenters. The Morgan fingerprint density at radius 3 is 2.79 bits per heavy atom. The van der Waals surface area contributed by atoms with Gasteiger partial charge in [-0.2, -0.15) is 0 Å². The molecule has 2 N–H and O–H groups in total. The van der Waals surface area contributed by atoms with Crippen molar-refractivity contribution >= 4 is 11.3 Å². The molecule has 0 bridgehead atoms. The highest BCUT2D eigenvalue weighted by molar-refractivity contribution is 7.13. The van der Waals surface area contributed by atoms with Gasteiger partial charge in [0.15, 0.2) is 0 Å². The fraction of sp³-hybridized carbons (Fsp3) is 0.357. The molecule has 1 atom stereocenters. The summed E-state index contributed by atoms with van der Waals surface area (Å²) in [6.45, 7) is 3.22. The monoisotopic (exact) mass is 280 g/mol. The van der Waals surface area contributed by atoms with Crippen LogP contribution in [0.25, 0.3) is 10.6 Å². The predicted molar refractivity (Wildman–Crippen MR) is 75.5 cm³/mol.